The summed E-state index contributed by atoms with van der Waals surface area (Å²) < 4.78 is 0. The predicted octanol–water partition coefficient (Wildman–Crippen LogP) is 2.35. The summed E-state index contributed by atoms with van der Waals surface area (Å²) in [4.78, 5) is 25.3. The topological polar surface area (TPSA) is 78.4 Å². The minimum absolute atomic E-state index is 0.164. The molecule has 5 heteroatoms. The quantitative estimate of drug-likeness (QED) is 0.624. The molecule has 1 aliphatic carbocycles. The smallest absolute Gasteiger partial charge is 0.243 e. The van der Waals surface area contributed by atoms with Crippen molar-refractivity contribution in [3.8, 4) is 0 Å². The Morgan fingerprint density at radius 3 is 2.42 bits per heavy atom. The molecule has 1 fully saturated rings. The second-order valence-corrected chi connectivity index (χ2v) is 7.10. The van der Waals surface area contributed by atoms with Gasteiger partial charge in [0.1, 0.15) is 6.04 Å². The summed E-state index contributed by atoms with van der Waals surface area (Å²) in [5.41, 5.74) is 0.976. The first-order valence-electron chi connectivity index (χ1n) is 9.46. The van der Waals surface area contributed by atoms with Crippen LogP contribution >= 0.6 is 0 Å². The van der Waals surface area contributed by atoms with Crippen molar-refractivity contribution in [2.24, 2.45) is 5.92 Å². The maximum absolute atomic E-state index is 12.8. The molecule has 3 atom stereocenters. The molecule has 1 aromatic rings. The molecule has 1 unspecified atom stereocenters. The van der Waals surface area contributed by atoms with E-state index in [0.717, 1.165) is 31.2 Å². The average molecular weight is 358 g/mol. The molecule has 0 saturated heterocycles. The molecule has 142 valence electrons. The molecule has 2 amide bonds. The standard InChI is InChI=1S/C21H30N2O3/c1-3-18(15(2)24)20(25)23-19(14-16-10-6-4-7-11-16)21(26)22-17-12-8-5-9-13-17/h3-4,6-7,10-11,15,17-19,24H,1,5,8-9,12-14H2,2H3,(H,22,26)(H,23,25)/t15-,18+,19?/m1/s1. The Balaban J connectivity index is 2.08. The molecular weight excluding hydrogens is 328 g/mol. The number of amides is 2. The zero-order chi connectivity index (χ0) is 18.9. The van der Waals surface area contributed by atoms with Gasteiger partial charge in [-0.25, -0.2) is 0 Å². The van der Waals surface area contributed by atoms with Crippen LogP contribution in [0.15, 0.2) is 43.0 Å². The second kappa shape index (κ2) is 10.1. The Labute approximate surface area is 155 Å². The van der Waals surface area contributed by atoms with Gasteiger partial charge in [0, 0.05) is 12.5 Å². The normalized spacial score (nSPS) is 18.4. The largest absolute Gasteiger partial charge is 0.392 e. The molecule has 1 saturated carbocycles. The lowest BCUT2D eigenvalue weighted by Crippen LogP contribution is -2.52. The number of aliphatic hydroxyl groups excluding tert-OH is 1. The van der Waals surface area contributed by atoms with Crippen LogP contribution in [0.5, 0.6) is 0 Å². The zero-order valence-corrected chi connectivity index (χ0v) is 15.5. The van der Waals surface area contributed by atoms with Crippen molar-refractivity contribution in [1.29, 1.82) is 0 Å². The van der Waals surface area contributed by atoms with Gasteiger partial charge in [0.2, 0.25) is 11.8 Å². The van der Waals surface area contributed by atoms with E-state index in [-0.39, 0.29) is 17.9 Å². The number of carbonyl (C=O) groups is 2. The second-order valence-electron chi connectivity index (χ2n) is 7.10. The maximum atomic E-state index is 12.8. The van der Waals surface area contributed by atoms with Crippen molar-refractivity contribution < 1.29 is 14.7 Å². The summed E-state index contributed by atoms with van der Waals surface area (Å²) in [6.45, 7) is 5.15. The van der Waals surface area contributed by atoms with E-state index < -0.39 is 18.1 Å². The van der Waals surface area contributed by atoms with Crippen LogP contribution in [0.4, 0.5) is 0 Å². The van der Waals surface area contributed by atoms with Crippen LogP contribution in [-0.2, 0) is 16.0 Å². The molecule has 3 N–H and O–H groups in total. The van der Waals surface area contributed by atoms with Crippen molar-refractivity contribution in [3.05, 3.63) is 48.6 Å². The van der Waals surface area contributed by atoms with Crippen molar-refractivity contribution in [1.82, 2.24) is 10.6 Å². The number of hydrogen-bond acceptors (Lipinski definition) is 3. The van der Waals surface area contributed by atoms with E-state index in [0.29, 0.717) is 6.42 Å². The molecular formula is C21H30N2O3. The van der Waals surface area contributed by atoms with Crippen LogP contribution in [0.1, 0.15) is 44.6 Å². The van der Waals surface area contributed by atoms with E-state index in [1.807, 2.05) is 30.3 Å². The van der Waals surface area contributed by atoms with E-state index in [1.165, 1.54) is 12.5 Å². The molecule has 0 radical (unpaired) electrons. The van der Waals surface area contributed by atoms with Gasteiger partial charge in [-0.05, 0) is 25.3 Å². The first-order chi connectivity index (χ1) is 12.5. The Hall–Kier alpha value is -2.14. The minimum Gasteiger partial charge on any atom is -0.392 e. The summed E-state index contributed by atoms with van der Waals surface area (Å²) in [5, 5.41) is 15.6. The van der Waals surface area contributed by atoms with Crippen molar-refractivity contribution >= 4 is 11.8 Å². The fourth-order valence-corrected chi connectivity index (χ4v) is 3.40. The monoisotopic (exact) mass is 358 g/mol. The van der Waals surface area contributed by atoms with Gasteiger partial charge in [-0.15, -0.1) is 6.58 Å². The van der Waals surface area contributed by atoms with Gasteiger partial charge in [0.05, 0.1) is 12.0 Å². The Morgan fingerprint density at radius 1 is 1.19 bits per heavy atom. The summed E-state index contributed by atoms with van der Waals surface area (Å²) in [6, 6.07) is 9.12. The summed E-state index contributed by atoms with van der Waals surface area (Å²) in [7, 11) is 0. The van der Waals surface area contributed by atoms with Crippen LogP contribution in [0.25, 0.3) is 0 Å². The van der Waals surface area contributed by atoms with E-state index in [2.05, 4.69) is 17.2 Å². The first-order valence-corrected chi connectivity index (χ1v) is 9.46. The van der Waals surface area contributed by atoms with Crippen LogP contribution < -0.4 is 10.6 Å². The zero-order valence-electron chi connectivity index (χ0n) is 15.5. The lowest BCUT2D eigenvalue weighted by Gasteiger charge is -2.27. The summed E-state index contributed by atoms with van der Waals surface area (Å²) >= 11 is 0. The molecule has 26 heavy (non-hydrogen) atoms. The fourth-order valence-electron chi connectivity index (χ4n) is 3.40. The molecule has 1 aromatic carbocycles. The van der Waals surface area contributed by atoms with Crippen molar-refractivity contribution in [3.63, 3.8) is 0 Å². The van der Waals surface area contributed by atoms with Gasteiger partial charge < -0.3 is 15.7 Å². The number of nitrogens with one attached hydrogen (secondary N) is 2. The summed E-state index contributed by atoms with van der Waals surface area (Å²) in [5.74, 6) is -1.28. The molecule has 0 aliphatic heterocycles. The Bertz CT molecular complexity index is 595. The van der Waals surface area contributed by atoms with Crippen molar-refractivity contribution in [2.45, 2.75) is 63.6 Å². The average Bonchev–Trinajstić information content (AvgIpc) is 2.63. The number of carbonyl (C=O) groups excluding carboxylic acids is 2. The van der Waals surface area contributed by atoms with E-state index >= 15 is 0 Å². The third-order valence-corrected chi connectivity index (χ3v) is 4.94. The Morgan fingerprint density at radius 2 is 1.85 bits per heavy atom. The first kappa shape index (κ1) is 20.2. The van der Waals surface area contributed by atoms with Gasteiger partial charge in [0.15, 0.2) is 0 Å². The molecule has 0 heterocycles. The van der Waals surface area contributed by atoms with Gasteiger partial charge in [-0.1, -0.05) is 55.7 Å². The number of aliphatic hydroxyl groups is 1. The van der Waals surface area contributed by atoms with Crippen LogP contribution in [0.2, 0.25) is 0 Å². The Kier molecular flexibility index (Phi) is 7.85. The highest BCUT2D eigenvalue weighted by atomic mass is 16.3. The predicted molar refractivity (Wildman–Crippen MR) is 102 cm³/mol. The molecule has 0 bridgehead atoms. The molecule has 5 nitrogen and oxygen atoms in total. The van der Waals surface area contributed by atoms with Gasteiger partial charge in [-0.2, -0.15) is 0 Å². The lowest BCUT2D eigenvalue weighted by molar-refractivity contribution is -0.132. The number of rotatable bonds is 8. The third-order valence-electron chi connectivity index (χ3n) is 4.94. The highest BCUT2D eigenvalue weighted by Gasteiger charge is 2.28. The summed E-state index contributed by atoms with van der Waals surface area (Å²) in [6.07, 6.45) is 6.41. The maximum Gasteiger partial charge on any atom is 0.243 e. The van der Waals surface area contributed by atoms with Crippen LogP contribution in [-0.4, -0.2) is 35.1 Å². The van der Waals surface area contributed by atoms with Gasteiger partial charge in [-0.3, -0.25) is 9.59 Å². The van der Waals surface area contributed by atoms with E-state index in [9.17, 15) is 14.7 Å². The number of hydrogen-bond donors (Lipinski definition) is 3. The lowest BCUT2D eigenvalue weighted by atomic mass is 9.94. The van der Waals surface area contributed by atoms with Gasteiger partial charge >= 0.3 is 0 Å². The SMILES string of the molecule is C=C[C@H](C(=O)NC(Cc1ccccc1)C(=O)NC1CCCCC1)[C@@H](C)O. The highest BCUT2D eigenvalue weighted by molar-refractivity contribution is 5.89. The fraction of sp³-hybridized carbons (Fsp3) is 0.524. The molecule has 0 aromatic heterocycles. The molecule has 1 aliphatic rings. The number of benzene rings is 1. The van der Waals surface area contributed by atoms with E-state index in [4.69, 9.17) is 0 Å². The minimum atomic E-state index is -0.855. The molecule has 2 rings (SSSR count). The third kappa shape index (κ3) is 5.99. The molecule has 0 spiro atoms. The van der Waals surface area contributed by atoms with Crippen molar-refractivity contribution in [2.75, 3.05) is 0 Å². The van der Waals surface area contributed by atoms with Crippen LogP contribution in [0.3, 0.4) is 0 Å². The van der Waals surface area contributed by atoms with Gasteiger partial charge in [0.25, 0.3) is 0 Å². The van der Waals surface area contributed by atoms with Crippen LogP contribution in [0, 0.1) is 5.92 Å². The van der Waals surface area contributed by atoms with E-state index in [1.54, 1.807) is 6.92 Å². The highest BCUT2D eigenvalue weighted by Crippen LogP contribution is 2.18.